The average Bonchev–Trinajstić information content (AvgIpc) is 2.37. The first-order valence-electron chi connectivity index (χ1n) is 5.97. The van der Waals surface area contributed by atoms with Gasteiger partial charge in [0.15, 0.2) is 0 Å². The molecule has 18 heavy (non-hydrogen) atoms. The molecule has 0 N–H and O–H groups in total. The quantitative estimate of drug-likeness (QED) is 0.330. The SMILES string of the molecule is CCC#CCCOC(=O)C(=O)OCCC#CCC. The van der Waals surface area contributed by atoms with Crippen molar-refractivity contribution in [3.63, 3.8) is 0 Å². The summed E-state index contributed by atoms with van der Waals surface area (Å²) >= 11 is 0. The second kappa shape index (κ2) is 11.5. The lowest BCUT2D eigenvalue weighted by Crippen LogP contribution is -2.21. The van der Waals surface area contributed by atoms with E-state index in [1.165, 1.54) is 0 Å². The second-order valence-corrected chi connectivity index (χ2v) is 3.19. The van der Waals surface area contributed by atoms with E-state index in [2.05, 4.69) is 33.2 Å². The minimum Gasteiger partial charge on any atom is -0.456 e. The van der Waals surface area contributed by atoms with E-state index in [0.29, 0.717) is 12.8 Å². The molecule has 0 aliphatic carbocycles. The molecular weight excluding hydrogens is 232 g/mol. The van der Waals surface area contributed by atoms with Crippen LogP contribution >= 0.6 is 0 Å². The summed E-state index contributed by atoms with van der Waals surface area (Å²) < 4.78 is 9.35. The van der Waals surface area contributed by atoms with Crippen LogP contribution in [0.15, 0.2) is 0 Å². The van der Waals surface area contributed by atoms with Gasteiger partial charge in [-0.25, -0.2) is 9.59 Å². The van der Waals surface area contributed by atoms with Crippen LogP contribution in [-0.4, -0.2) is 25.2 Å². The fraction of sp³-hybridized carbons (Fsp3) is 0.571. The second-order valence-electron chi connectivity index (χ2n) is 3.19. The third-order valence-corrected chi connectivity index (χ3v) is 1.69. The first kappa shape index (κ1) is 16.1. The molecule has 0 aromatic heterocycles. The smallest absolute Gasteiger partial charge is 0.417 e. The van der Waals surface area contributed by atoms with Crippen LogP contribution in [0.5, 0.6) is 0 Å². The van der Waals surface area contributed by atoms with Gasteiger partial charge in [-0.05, 0) is 0 Å². The van der Waals surface area contributed by atoms with Gasteiger partial charge in [-0.15, -0.1) is 11.8 Å². The predicted molar refractivity (Wildman–Crippen MR) is 67.3 cm³/mol. The molecule has 0 bridgehead atoms. The van der Waals surface area contributed by atoms with Crippen LogP contribution in [0.1, 0.15) is 39.5 Å². The molecule has 0 spiro atoms. The summed E-state index contributed by atoms with van der Waals surface area (Å²) in [5, 5.41) is 0. The minimum absolute atomic E-state index is 0.108. The van der Waals surface area contributed by atoms with E-state index in [1.54, 1.807) is 0 Å². The highest BCUT2D eigenvalue weighted by molar-refractivity contribution is 6.29. The lowest BCUT2D eigenvalue weighted by Gasteiger charge is -2.02. The monoisotopic (exact) mass is 250 g/mol. The number of hydrogen-bond acceptors (Lipinski definition) is 4. The van der Waals surface area contributed by atoms with Crippen molar-refractivity contribution in [1.29, 1.82) is 0 Å². The molecule has 0 atom stereocenters. The van der Waals surface area contributed by atoms with Crippen LogP contribution in [0.3, 0.4) is 0 Å². The van der Waals surface area contributed by atoms with E-state index in [-0.39, 0.29) is 13.2 Å². The molecule has 0 aromatic rings. The van der Waals surface area contributed by atoms with Crippen molar-refractivity contribution < 1.29 is 19.1 Å². The Hall–Kier alpha value is -1.94. The molecule has 0 fully saturated rings. The number of hydrogen-bond donors (Lipinski definition) is 0. The van der Waals surface area contributed by atoms with Gasteiger partial charge in [0.2, 0.25) is 0 Å². The maximum atomic E-state index is 11.1. The van der Waals surface area contributed by atoms with E-state index in [9.17, 15) is 9.59 Å². The van der Waals surface area contributed by atoms with Crippen molar-refractivity contribution in [2.24, 2.45) is 0 Å². The fourth-order valence-corrected chi connectivity index (χ4v) is 0.934. The van der Waals surface area contributed by atoms with Gasteiger partial charge in [0.05, 0.1) is 0 Å². The number of ether oxygens (including phenoxy) is 2. The van der Waals surface area contributed by atoms with Crippen LogP contribution < -0.4 is 0 Å². The summed E-state index contributed by atoms with van der Waals surface area (Å²) in [6, 6.07) is 0. The van der Waals surface area contributed by atoms with Crippen LogP contribution in [-0.2, 0) is 19.1 Å². The van der Waals surface area contributed by atoms with Crippen molar-refractivity contribution in [2.75, 3.05) is 13.2 Å². The summed E-state index contributed by atoms with van der Waals surface area (Å²) in [5.41, 5.74) is 0. The van der Waals surface area contributed by atoms with Crippen LogP contribution in [0.25, 0.3) is 0 Å². The summed E-state index contributed by atoms with van der Waals surface area (Å²) in [6.07, 6.45) is 2.37. The Bertz CT molecular complexity index is 338. The molecule has 0 aliphatic heterocycles. The molecule has 0 heterocycles. The summed E-state index contributed by atoms with van der Waals surface area (Å²) in [5.74, 6) is 9.31. The van der Waals surface area contributed by atoms with Crippen molar-refractivity contribution >= 4 is 11.9 Å². The molecule has 0 unspecified atom stereocenters. The van der Waals surface area contributed by atoms with Gasteiger partial charge >= 0.3 is 11.9 Å². The fourth-order valence-electron chi connectivity index (χ4n) is 0.934. The highest BCUT2D eigenvalue weighted by Crippen LogP contribution is 1.89. The molecule has 0 saturated heterocycles. The van der Waals surface area contributed by atoms with Gasteiger partial charge < -0.3 is 9.47 Å². The Labute approximate surface area is 108 Å². The Morgan fingerprint density at radius 1 is 0.778 bits per heavy atom. The van der Waals surface area contributed by atoms with Gasteiger partial charge in [0, 0.05) is 25.7 Å². The Balaban J connectivity index is 3.66. The molecular formula is C14H18O4. The highest BCUT2D eigenvalue weighted by atomic mass is 16.6. The van der Waals surface area contributed by atoms with Gasteiger partial charge in [-0.3, -0.25) is 0 Å². The highest BCUT2D eigenvalue weighted by Gasteiger charge is 2.16. The van der Waals surface area contributed by atoms with E-state index in [0.717, 1.165) is 12.8 Å². The van der Waals surface area contributed by atoms with Gasteiger partial charge in [0.25, 0.3) is 0 Å². The first-order valence-corrected chi connectivity index (χ1v) is 5.97. The molecule has 0 amide bonds. The van der Waals surface area contributed by atoms with Crippen molar-refractivity contribution in [1.82, 2.24) is 0 Å². The minimum atomic E-state index is -0.975. The first-order chi connectivity index (χ1) is 8.72. The summed E-state index contributed by atoms with van der Waals surface area (Å²) in [4.78, 5) is 22.2. The van der Waals surface area contributed by atoms with Crippen molar-refractivity contribution in [3.8, 4) is 23.7 Å². The predicted octanol–water partition coefficient (Wildman–Crippen LogP) is 1.68. The molecule has 0 aliphatic rings. The zero-order valence-electron chi connectivity index (χ0n) is 10.9. The van der Waals surface area contributed by atoms with Crippen LogP contribution in [0.4, 0.5) is 0 Å². The molecule has 0 rings (SSSR count). The third-order valence-electron chi connectivity index (χ3n) is 1.69. The molecule has 0 aromatic carbocycles. The normalized spacial score (nSPS) is 8.33. The lowest BCUT2D eigenvalue weighted by molar-refractivity contribution is -0.167. The van der Waals surface area contributed by atoms with E-state index in [4.69, 9.17) is 0 Å². The number of carbonyl (C=O) groups is 2. The lowest BCUT2D eigenvalue weighted by atomic mass is 10.4. The Morgan fingerprint density at radius 2 is 1.17 bits per heavy atom. The van der Waals surface area contributed by atoms with Gasteiger partial charge in [0.1, 0.15) is 13.2 Å². The summed E-state index contributed by atoms with van der Waals surface area (Å²) in [7, 11) is 0. The van der Waals surface area contributed by atoms with Gasteiger partial charge in [-0.1, -0.05) is 25.7 Å². The Kier molecular flexibility index (Phi) is 10.3. The van der Waals surface area contributed by atoms with E-state index >= 15 is 0 Å². The van der Waals surface area contributed by atoms with Crippen molar-refractivity contribution in [3.05, 3.63) is 0 Å². The maximum absolute atomic E-state index is 11.1. The summed E-state index contributed by atoms with van der Waals surface area (Å²) in [6.45, 7) is 4.07. The van der Waals surface area contributed by atoms with Gasteiger partial charge in [-0.2, -0.15) is 0 Å². The molecule has 4 heteroatoms. The van der Waals surface area contributed by atoms with Crippen LogP contribution in [0, 0.1) is 23.7 Å². The third kappa shape index (κ3) is 9.30. The van der Waals surface area contributed by atoms with E-state index < -0.39 is 11.9 Å². The maximum Gasteiger partial charge on any atom is 0.417 e. The zero-order valence-corrected chi connectivity index (χ0v) is 10.9. The zero-order chi connectivity index (χ0) is 13.6. The Morgan fingerprint density at radius 3 is 1.50 bits per heavy atom. The molecule has 0 radical (unpaired) electrons. The number of esters is 2. The van der Waals surface area contributed by atoms with E-state index in [1.807, 2.05) is 13.8 Å². The topological polar surface area (TPSA) is 52.6 Å². The number of rotatable bonds is 4. The largest absolute Gasteiger partial charge is 0.456 e. The number of carbonyl (C=O) groups excluding carboxylic acids is 2. The standard InChI is InChI=1S/C14H18O4/c1-3-5-7-9-11-17-13(15)14(16)18-12-10-8-6-4-2/h3-4,9-12H2,1-2H3. The van der Waals surface area contributed by atoms with Crippen LogP contribution in [0.2, 0.25) is 0 Å². The van der Waals surface area contributed by atoms with Crippen molar-refractivity contribution in [2.45, 2.75) is 39.5 Å². The average molecular weight is 250 g/mol. The molecule has 0 saturated carbocycles. The molecule has 98 valence electrons. The molecule has 4 nitrogen and oxygen atoms in total.